The Labute approximate surface area is 219 Å². The zero-order valence-corrected chi connectivity index (χ0v) is 20.9. The lowest BCUT2D eigenvalue weighted by atomic mass is 10.2. The Morgan fingerprint density at radius 2 is 1.80 bits per heavy atom. The molecule has 0 spiro atoms. The van der Waals surface area contributed by atoms with Crippen molar-refractivity contribution in [2.45, 2.75) is 15.0 Å². The summed E-state index contributed by atoms with van der Waals surface area (Å²) < 4.78 is 56.6. The molecule has 2 aromatic carbocycles. The Hall–Kier alpha value is -2.36. The van der Waals surface area contributed by atoms with Crippen molar-refractivity contribution in [1.82, 2.24) is 9.78 Å². The summed E-state index contributed by atoms with van der Waals surface area (Å²) in [5.41, 5.74) is -1.40. The number of ether oxygens (including phenoxy) is 1. The molecule has 0 bridgehead atoms. The maximum atomic E-state index is 14.1. The SMILES string of the molecule is COc1cc(C=Nc2c(SC(F)(Cl)Cl)c(C#N)nn2-c2c(Cl)cc(C(F)(F)F)cc2Cl)ccc1O. The molecule has 0 atom stereocenters. The Bertz CT molecular complexity index is 1330. The van der Waals surface area contributed by atoms with E-state index >= 15 is 0 Å². The summed E-state index contributed by atoms with van der Waals surface area (Å²) in [5, 5.41) is 22.3. The number of halogens is 8. The lowest BCUT2D eigenvalue weighted by Gasteiger charge is -2.14. The van der Waals surface area contributed by atoms with Gasteiger partial charge in [-0.05, 0) is 47.7 Å². The third-order valence-corrected chi connectivity index (χ3v) is 6.09. The number of nitriles is 1. The van der Waals surface area contributed by atoms with Crippen molar-refractivity contribution in [3.05, 3.63) is 57.2 Å². The van der Waals surface area contributed by atoms with E-state index in [4.69, 9.17) is 51.1 Å². The number of hydrogen-bond acceptors (Lipinski definition) is 6. The van der Waals surface area contributed by atoms with Gasteiger partial charge in [-0.25, -0.2) is 9.67 Å². The first-order valence-electron chi connectivity index (χ1n) is 9.01. The number of phenols is 1. The molecule has 0 aliphatic rings. The van der Waals surface area contributed by atoms with Crippen LogP contribution in [0.25, 0.3) is 5.69 Å². The molecule has 0 radical (unpaired) electrons. The molecular formula is C20H10Cl4F4N4O2S. The highest BCUT2D eigenvalue weighted by molar-refractivity contribution is 8.03. The van der Waals surface area contributed by atoms with Gasteiger partial charge in [0.05, 0.1) is 27.6 Å². The molecule has 0 amide bonds. The zero-order valence-electron chi connectivity index (χ0n) is 17.0. The summed E-state index contributed by atoms with van der Waals surface area (Å²) in [4.78, 5) is 3.97. The number of aromatic hydroxyl groups is 1. The summed E-state index contributed by atoms with van der Waals surface area (Å²) in [7, 11) is 1.33. The van der Waals surface area contributed by atoms with E-state index in [1.54, 1.807) is 6.07 Å². The number of alkyl halides is 6. The molecule has 0 unspecified atom stereocenters. The monoisotopic (exact) mass is 586 g/mol. The molecule has 0 aliphatic carbocycles. The van der Waals surface area contributed by atoms with Crippen molar-refractivity contribution in [3.63, 3.8) is 0 Å². The van der Waals surface area contributed by atoms with Gasteiger partial charge in [-0.1, -0.05) is 46.4 Å². The minimum Gasteiger partial charge on any atom is -0.504 e. The first-order valence-corrected chi connectivity index (χ1v) is 11.3. The largest absolute Gasteiger partial charge is 0.504 e. The van der Waals surface area contributed by atoms with Gasteiger partial charge in [0.2, 0.25) is 0 Å². The molecule has 0 saturated carbocycles. The molecule has 35 heavy (non-hydrogen) atoms. The van der Waals surface area contributed by atoms with Crippen molar-refractivity contribution in [3.8, 4) is 23.3 Å². The molecule has 0 fully saturated rings. The predicted octanol–water partition coefficient (Wildman–Crippen LogP) is 7.68. The highest BCUT2D eigenvalue weighted by atomic mass is 35.5. The van der Waals surface area contributed by atoms with Gasteiger partial charge in [-0.3, -0.25) is 0 Å². The van der Waals surface area contributed by atoms with E-state index in [2.05, 4.69) is 10.1 Å². The Kier molecular flexibility index (Phi) is 8.03. The third kappa shape index (κ3) is 6.26. The number of phenolic OH excluding ortho intramolecular Hbond substituents is 1. The van der Waals surface area contributed by atoms with Crippen molar-refractivity contribution in [2.75, 3.05) is 7.11 Å². The molecule has 15 heteroatoms. The summed E-state index contributed by atoms with van der Waals surface area (Å²) in [6.07, 6.45) is -3.51. The normalized spacial score (nSPS) is 12.2. The van der Waals surface area contributed by atoms with Gasteiger partial charge in [0.1, 0.15) is 11.8 Å². The standard InChI is InChI=1S/C20H10Cl4F4N4O2S/c1-34-15-4-9(2-3-14(15)33)8-30-18-17(35-20(23,24)28)13(7-29)31-32(18)16-11(21)5-10(6-12(16)22)19(25,26)27/h2-6,8,33H,1H3. The fourth-order valence-corrected chi connectivity index (χ4v) is 4.54. The Morgan fingerprint density at radius 3 is 2.31 bits per heavy atom. The van der Waals surface area contributed by atoms with E-state index in [9.17, 15) is 27.9 Å². The van der Waals surface area contributed by atoms with E-state index in [0.717, 1.165) is 4.68 Å². The second kappa shape index (κ2) is 10.3. The van der Waals surface area contributed by atoms with Gasteiger partial charge >= 0.3 is 10.1 Å². The fourth-order valence-electron chi connectivity index (χ4n) is 2.79. The number of rotatable bonds is 6. The van der Waals surface area contributed by atoms with Crippen LogP contribution in [0.4, 0.5) is 23.4 Å². The van der Waals surface area contributed by atoms with Crippen LogP contribution in [0.15, 0.2) is 40.2 Å². The lowest BCUT2D eigenvalue weighted by Crippen LogP contribution is -2.07. The maximum absolute atomic E-state index is 14.1. The molecule has 0 aliphatic heterocycles. The van der Waals surface area contributed by atoms with E-state index < -0.39 is 31.4 Å². The third-order valence-electron chi connectivity index (χ3n) is 4.24. The summed E-state index contributed by atoms with van der Waals surface area (Å²) in [5.74, 6) is -0.286. The van der Waals surface area contributed by atoms with Crippen LogP contribution in [0.2, 0.25) is 10.0 Å². The molecule has 1 heterocycles. The summed E-state index contributed by atoms with van der Waals surface area (Å²) in [6.45, 7) is 0. The van der Waals surface area contributed by atoms with Crippen LogP contribution in [-0.2, 0) is 6.18 Å². The van der Waals surface area contributed by atoms with Gasteiger partial charge in [0.25, 0.3) is 0 Å². The van der Waals surface area contributed by atoms with Crippen LogP contribution < -0.4 is 4.74 Å². The van der Waals surface area contributed by atoms with Crippen LogP contribution in [0.1, 0.15) is 16.8 Å². The number of nitrogens with zero attached hydrogens (tertiary/aromatic N) is 4. The van der Waals surface area contributed by atoms with Crippen LogP contribution in [-0.4, -0.2) is 32.1 Å². The van der Waals surface area contributed by atoms with Crippen molar-refractivity contribution >= 4 is 70.2 Å². The smallest absolute Gasteiger partial charge is 0.416 e. The highest BCUT2D eigenvalue weighted by Gasteiger charge is 2.34. The van der Waals surface area contributed by atoms with E-state index in [1.165, 1.54) is 31.5 Å². The molecule has 1 aromatic heterocycles. The molecular weight excluding hydrogens is 578 g/mol. The topological polar surface area (TPSA) is 83.4 Å². The minimum atomic E-state index is -4.74. The second-order valence-corrected chi connectivity index (χ2v) is 10.2. The van der Waals surface area contributed by atoms with Crippen molar-refractivity contribution in [1.29, 1.82) is 5.26 Å². The fraction of sp³-hybridized carbons (Fsp3) is 0.150. The van der Waals surface area contributed by atoms with E-state index in [0.29, 0.717) is 17.7 Å². The van der Waals surface area contributed by atoms with Gasteiger partial charge in [-0.2, -0.15) is 27.9 Å². The molecule has 6 nitrogen and oxygen atoms in total. The first kappa shape index (κ1) is 27.2. The molecule has 3 aromatic rings. The van der Waals surface area contributed by atoms with Crippen molar-refractivity contribution in [2.24, 2.45) is 4.99 Å². The summed E-state index contributed by atoms with van der Waals surface area (Å²) in [6, 6.07) is 7.14. The van der Waals surface area contributed by atoms with E-state index in [-0.39, 0.29) is 39.7 Å². The van der Waals surface area contributed by atoms with E-state index in [1.807, 2.05) is 0 Å². The number of benzene rings is 2. The summed E-state index contributed by atoms with van der Waals surface area (Å²) >= 11 is 23.3. The lowest BCUT2D eigenvalue weighted by molar-refractivity contribution is -0.137. The predicted molar refractivity (Wildman–Crippen MR) is 127 cm³/mol. The van der Waals surface area contributed by atoms with Gasteiger partial charge in [-0.15, -0.1) is 0 Å². The molecule has 184 valence electrons. The Morgan fingerprint density at radius 1 is 1.17 bits per heavy atom. The Balaban J connectivity index is 2.26. The van der Waals surface area contributed by atoms with Gasteiger partial charge < -0.3 is 9.84 Å². The van der Waals surface area contributed by atoms with Gasteiger partial charge in [0.15, 0.2) is 23.0 Å². The van der Waals surface area contributed by atoms with Crippen molar-refractivity contribution < 1.29 is 27.4 Å². The number of methoxy groups -OCH3 is 1. The number of hydrogen-bond donors (Lipinski definition) is 1. The van der Waals surface area contributed by atoms with Crippen LogP contribution in [0.3, 0.4) is 0 Å². The molecule has 3 rings (SSSR count). The highest BCUT2D eigenvalue weighted by Crippen LogP contribution is 2.48. The second-order valence-electron chi connectivity index (χ2n) is 6.55. The average molecular weight is 588 g/mol. The van der Waals surface area contributed by atoms with Gasteiger partial charge in [0, 0.05) is 6.21 Å². The number of aromatic nitrogens is 2. The first-order chi connectivity index (χ1) is 16.2. The average Bonchev–Trinajstić information content (AvgIpc) is 3.07. The number of thioether (sulfide) groups is 1. The quantitative estimate of drug-likeness (QED) is 0.138. The van der Waals surface area contributed by atoms with Crippen LogP contribution in [0.5, 0.6) is 11.5 Å². The molecule has 1 N–H and O–H groups in total. The minimum absolute atomic E-state index is 0.118. The van der Waals surface area contributed by atoms with Crippen LogP contribution in [0, 0.1) is 11.3 Å². The molecule has 0 saturated heterocycles. The maximum Gasteiger partial charge on any atom is 0.416 e. The zero-order chi connectivity index (χ0) is 26.1. The van der Waals surface area contributed by atoms with Crippen LogP contribution >= 0.6 is 58.2 Å². The number of aliphatic imine (C=N–C) groups is 1.